The quantitative estimate of drug-likeness (QED) is 0.473. The number of hydrogen-bond donors (Lipinski definition) is 0. The van der Waals surface area contributed by atoms with Crippen molar-refractivity contribution in [2.45, 2.75) is 12.5 Å². The van der Waals surface area contributed by atoms with Crippen LogP contribution in [-0.2, 0) is 6.18 Å². The minimum atomic E-state index is -5.39. The van der Waals surface area contributed by atoms with E-state index in [9.17, 15) is 36.5 Å². The second kappa shape index (κ2) is 4.31. The van der Waals surface area contributed by atoms with E-state index >= 15 is 0 Å². The molecule has 0 aliphatic carbocycles. The maximum atomic E-state index is 12.4. The fourth-order valence-corrected chi connectivity index (χ4v) is 0.935. The van der Waals surface area contributed by atoms with E-state index in [-0.39, 0.29) is 12.3 Å². The molecule has 1 heterocycles. The van der Waals surface area contributed by atoms with Crippen molar-refractivity contribution in [3.05, 3.63) is 27.9 Å². The zero-order valence-corrected chi connectivity index (χ0v) is 8.04. The summed E-state index contributed by atoms with van der Waals surface area (Å²) in [5.41, 5.74) is -3.08. The topological polar surface area (TPSA) is 65.3 Å². The number of hydrogen-bond acceptors (Lipinski definition) is 4. The highest BCUT2D eigenvalue weighted by Crippen LogP contribution is 2.38. The maximum Gasteiger partial charge on any atom is 0.574 e. The van der Waals surface area contributed by atoms with E-state index in [4.69, 9.17) is 0 Å². The van der Waals surface area contributed by atoms with Gasteiger partial charge in [0.25, 0.3) is 5.69 Å². The predicted molar refractivity (Wildman–Crippen MR) is 42.6 cm³/mol. The van der Waals surface area contributed by atoms with Crippen molar-refractivity contribution in [3.63, 3.8) is 0 Å². The van der Waals surface area contributed by atoms with Gasteiger partial charge in [-0.2, -0.15) is 13.2 Å². The second-order valence-corrected chi connectivity index (χ2v) is 2.85. The second-order valence-electron chi connectivity index (χ2n) is 2.85. The lowest BCUT2D eigenvalue weighted by atomic mass is 10.2. The molecule has 5 nitrogen and oxygen atoms in total. The Morgan fingerprint density at radius 1 is 1.22 bits per heavy atom. The van der Waals surface area contributed by atoms with Gasteiger partial charge in [-0.05, 0) is 0 Å². The number of alkyl halides is 6. The summed E-state index contributed by atoms with van der Waals surface area (Å²) in [7, 11) is 0. The first-order chi connectivity index (χ1) is 8.00. The Balaban J connectivity index is 3.30. The van der Waals surface area contributed by atoms with Crippen LogP contribution in [0.25, 0.3) is 0 Å². The van der Waals surface area contributed by atoms with Gasteiger partial charge in [0.15, 0.2) is 0 Å². The summed E-state index contributed by atoms with van der Waals surface area (Å²) in [5, 5.41) is 10.2. The third-order valence-corrected chi connectivity index (χ3v) is 1.57. The smallest absolute Gasteiger partial charge is 0.387 e. The summed E-state index contributed by atoms with van der Waals surface area (Å²) < 4.78 is 75.5. The number of ether oxygens (including phenoxy) is 1. The lowest BCUT2D eigenvalue weighted by Crippen LogP contribution is -2.21. The maximum absolute atomic E-state index is 12.4. The van der Waals surface area contributed by atoms with Crippen LogP contribution in [0.1, 0.15) is 5.56 Å². The molecule has 0 saturated heterocycles. The largest absolute Gasteiger partial charge is 0.574 e. The lowest BCUT2D eigenvalue weighted by Gasteiger charge is -2.13. The van der Waals surface area contributed by atoms with E-state index in [0.717, 1.165) is 0 Å². The third-order valence-electron chi connectivity index (χ3n) is 1.57. The van der Waals surface area contributed by atoms with E-state index in [1.807, 2.05) is 0 Å². The van der Waals surface area contributed by atoms with Crippen molar-refractivity contribution in [2.24, 2.45) is 0 Å². The van der Waals surface area contributed by atoms with Crippen LogP contribution in [0.5, 0.6) is 5.88 Å². The molecular weight excluding hydrogens is 274 g/mol. The molecule has 0 aliphatic rings. The number of aromatic nitrogens is 1. The van der Waals surface area contributed by atoms with Crippen molar-refractivity contribution in [3.8, 4) is 5.88 Å². The van der Waals surface area contributed by atoms with E-state index in [0.29, 0.717) is 0 Å². The molecular formula is C7H2F6N2O3. The molecule has 0 radical (unpaired) electrons. The van der Waals surface area contributed by atoms with Crippen LogP contribution in [0.3, 0.4) is 0 Å². The summed E-state index contributed by atoms with van der Waals surface area (Å²) >= 11 is 0. The Hall–Kier alpha value is -2.07. The molecule has 0 fully saturated rings. The van der Waals surface area contributed by atoms with Gasteiger partial charge in [0.05, 0.1) is 4.92 Å². The average Bonchev–Trinajstić information content (AvgIpc) is 2.13. The van der Waals surface area contributed by atoms with Crippen LogP contribution < -0.4 is 4.74 Å². The molecule has 100 valence electrons. The summed E-state index contributed by atoms with van der Waals surface area (Å²) in [6.45, 7) is 0. The fraction of sp³-hybridized carbons (Fsp3) is 0.286. The first-order valence-electron chi connectivity index (χ1n) is 3.98. The highest BCUT2D eigenvalue weighted by molar-refractivity contribution is 5.39. The molecule has 1 rings (SSSR count). The third kappa shape index (κ3) is 3.46. The van der Waals surface area contributed by atoms with Crippen LogP contribution in [-0.4, -0.2) is 16.3 Å². The van der Waals surface area contributed by atoms with E-state index in [1.165, 1.54) is 0 Å². The van der Waals surface area contributed by atoms with Gasteiger partial charge in [0, 0.05) is 6.07 Å². The molecule has 0 atom stereocenters. The normalized spacial score (nSPS) is 12.3. The molecule has 0 amide bonds. The van der Waals surface area contributed by atoms with Gasteiger partial charge in [0.1, 0.15) is 11.8 Å². The molecule has 1 aromatic rings. The minimum absolute atomic E-state index is 0.0892. The van der Waals surface area contributed by atoms with Crippen molar-refractivity contribution in [2.75, 3.05) is 0 Å². The highest BCUT2D eigenvalue weighted by atomic mass is 19.4. The number of rotatable bonds is 2. The zero-order valence-electron chi connectivity index (χ0n) is 8.04. The zero-order chi connectivity index (χ0) is 14.1. The van der Waals surface area contributed by atoms with Gasteiger partial charge in [-0.3, -0.25) is 10.1 Å². The predicted octanol–water partition coefficient (Wildman–Crippen LogP) is 2.91. The van der Waals surface area contributed by atoms with Gasteiger partial charge >= 0.3 is 12.5 Å². The molecule has 0 bridgehead atoms. The highest BCUT2D eigenvalue weighted by Gasteiger charge is 2.41. The number of halogens is 6. The molecule has 11 heteroatoms. The fourth-order valence-electron chi connectivity index (χ4n) is 0.935. The minimum Gasteiger partial charge on any atom is -0.387 e. The van der Waals surface area contributed by atoms with E-state index in [1.54, 1.807) is 0 Å². The Labute approximate surface area is 94.1 Å². The van der Waals surface area contributed by atoms with Gasteiger partial charge in [-0.25, -0.2) is 4.98 Å². The summed E-state index contributed by atoms with van der Waals surface area (Å²) in [6.07, 6.45) is -10.4. The molecule has 0 N–H and O–H groups in total. The molecule has 0 aliphatic heterocycles. The van der Waals surface area contributed by atoms with Crippen molar-refractivity contribution >= 4 is 5.69 Å². The summed E-state index contributed by atoms with van der Waals surface area (Å²) in [5.74, 6) is -1.79. The van der Waals surface area contributed by atoms with Crippen LogP contribution in [0, 0.1) is 10.1 Å². The Bertz CT molecular complexity index is 469. The molecule has 0 aromatic carbocycles. The summed E-state index contributed by atoms with van der Waals surface area (Å²) in [4.78, 5) is 11.6. The molecule has 1 aromatic heterocycles. The number of nitro groups is 1. The Morgan fingerprint density at radius 2 is 1.78 bits per heavy atom. The van der Waals surface area contributed by atoms with Crippen LogP contribution >= 0.6 is 0 Å². The first kappa shape index (κ1) is 14.0. The van der Waals surface area contributed by atoms with Crippen molar-refractivity contribution < 1.29 is 36.0 Å². The van der Waals surface area contributed by atoms with Gasteiger partial charge < -0.3 is 4.74 Å². The summed E-state index contributed by atoms with van der Waals surface area (Å²) in [6, 6.07) is -0.0892. The van der Waals surface area contributed by atoms with Crippen LogP contribution in [0.4, 0.5) is 32.0 Å². The van der Waals surface area contributed by atoms with Crippen LogP contribution in [0.15, 0.2) is 12.3 Å². The van der Waals surface area contributed by atoms with Crippen LogP contribution in [0.2, 0.25) is 0 Å². The van der Waals surface area contributed by atoms with Crippen molar-refractivity contribution in [1.82, 2.24) is 4.98 Å². The van der Waals surface area contributed by atoms with E-state index in [2.05, 4.69) is 9.72 Å². The average molecular weight is 276 g/mol. The Morgan fingerprint density at radius 3 is 2.17 bits per heavy atom. The monoisotopic (exact) mass is 276 g/mol. The molecule has 0 spiro atoms. The molecule has 0 unspecified atom stereocenters. The van der Waals surface area contributed by atoms with Crippen molar-refractivity contribution in [1.29, 1.82) is 0 Å². The van der Waals surface area contributed by atoms with Gasteiger partial charge in [0.2, 0.25) is 5.88 Å². The standard InChI is InChI=1S/C7H2F6N2O3/c8-6(9,10)4-1-3(15(16)17)2-14-5(4)18-7(11,12)13/h1-2H. The van der Waals surface area contributed by atoms with Gasteiger partial charge in [-0.15, -0.1) is 13.2 Å². The lowest BCUT2D eigenvalue weighted by molar-refractivity contribution is -0.385. The molecule has 18 heavy (non-hydrogen) atoms. The number of nitrogens with zero attached hydrogens (tertiary/aromatic N) is 2. The molecule has 0 saturated carbocycles. The van der Waals surface area contributed by atoms with Gasteiger partial charge in [-0.1, -0.05) is 0 Å². The number of pyridine rings is 1. The SMILES string of the molecule is O=[N+]([O-])c1cnc(OC(F)(F)F)c(C(F)(F)F)c1. The van der Waals surface area contributed by atoms with E-state index < -0.39 is 34.6 Å². The first-order valence-corrected chi connectivity index (χ1v) is 3.98. The Kier molecular flexibility index (Phi) is 3.35.